The molecule has 2 aliphatic carbocycles. The maximum Gasteiger partial charge on any atom is 0.415 e. The molecule has 6 unspecified atom stereocenters. The number of nitrogens with one attached hydrogen (secondary N) is 2. The fourth-order valence-corrected chi connectivity index (χ4v) is 8.09. The number of aldehydes is 1. The highest BCUT2D eigenvalue weighted by atomic mass is 16.6. The number of nitrogens with zero attached hydrogens (tertiary/aromatic N) is 1. The van der Waals surface area contributed by atoms with Crippen LogP contribution in [0.25, 0.3) is 0 Å². The lowest BCUT2D eigenvalue weighted by Gasteiger charge is -2.51. The molecule has 1 aliphatic heterocycles. The van der Waals surface area contributed by atoms with Crippen molar-refractivity contribution in [3.05, 3.63) is 35.1 Å². The number of likely N-dealkylation sites (N-methyl/N-ethyl adjacent to an activating group) is 1. The number of carbonyl (C=O) groups excluding carboxylic acids is 3. The molecule has 0 saturated carbocycles. The summed E-state index contributed by atoms with van der Waals surface area (Å²) < 4.78 is 11.6. The van der Waals surface area contributed by atoms with Crippen molar-refractivity contribution in [2.45, 2.75) is 102 Å². The molecule has 0 bridgehead atoms. The Balaban J connectivity index is 0.00000201. The number of amides is 2. The zero-order chi connectivity index (χ0) is 35.4. The van der Waals surface area contributed by atoms with Gasteiger partial charge in [0.25, 0.3) is 0 Å². The molecule has 6 atom stereocenters. The average Bonchev–Trinajstić information content (AvgIpc) is 3.06. The third-order valence-electron chi connectivity index (χ3n) is 10.3. The first-order valence-electron chi connectivity index (χ1n) is 17.4. The van der Waals surface area contributed by atoms with Crippen LogP contribution in [-0.4, -0.2) is 85.2 Å². The number of piperidine rings is 1. The molecular formula is C36H56N4O8. The van der Waals surface area contributed by atoms with E-state index in [0.717, 1.165) is 55.9 Å². The molecule has 0 spiro atoms. The Labute approximate surface area is 284 Å². The second-order valence-corrected chi connectivity index (χ2v) is 13.3. The van der Waals surface area contributed by atoms with Gasteiger partial charge in [-0.1, -0.05) is 32.8 Å². The summed E-state index contributed by atoms with van der Waals surface area (Å²) in [6.45, 7) is 6.74. The fraction of sp³-hybridized carbons (Fsp3) is 0.667. The van der Waals surface area contributed by atoms with E-state index in [1.807, 2.05) is 18.2 Å². The predicted molar refractivity (Wildman–Crippen MR) is 183 cm³/mol. The van der Waals surface area contributed by atoms with Crippen LogP contribution in [0.1, 0.15) is 89.7 Å². The van der Waals surface area contributed by atoms with Gasteiger partial charge in [0, 0.05) is 30.5 Å². The van der Waals surface area contributed by atoms with E-state index in [9.17, 15) is 24.6 Å². The maximum atomic E-state index is 13.8. The van der Waals surface area contributed by atoms with Gasteiger partial charge in [0.15, 0.2) is 11.5 Å². The van der Waals surface area contributed by atoms with Crippen molar-refractivity contribution in [1.82, 2.24) is 15.5 Å². The summed E-state index contributed by atoms with van der Waals surface area (Å²) in [6, 6.07) is 2.94. The molecule has 1 aromatic carbocycles. The van der Waals surface area contributed by atoms with E-state index < -0.39 is 35.5 Å². The molecular weight excluding hydrogens is 616 g/mol. The highest BCUT2D eigenvalue weighted by Crippen LogP contribution is 2.58. The van der Waals surface area contributed by atoms with E-state index >= 15 is 0 Å². The number of phenolic OH excluding ortho intramolecular Hbond substituents is 1. The monoisotopic (exact) mass is 672 g/mol. The maximum absolute atomic E-state index is 13.8. The van der Waals surface area contributed by atoms with Gasteiger partial charge in [-0.25, -0.2) is 4.79 Å². The largest absolute Gasteiger partial charge is 0.504 e. The van der Waals surface area contributed by atoms with Gasteiger partial charge in [0.1, 0.15) is 12.0 Å². The summed E-state index contributed by atoms with van der Waals surface area (Å²) in [6.07, 6.45) is 8.77. The minimum atomic E-state index is -0.905. The number of carboxylic acids is 1. The van der Waals surface area contributed by atoms with Crippen LogP contribution in [-0.2, 0) is 31.0 Å². The molecule has 268 valence electrons. The van der Waals surface area contributed by atoms with Gasteiger partial charge >= 0.3 is 12.1 Å². The first kappa shape index (κ1) is 38.8. The number of nitrogens with two attached hydrogens (primary N) is 1. The number of hydrogen-bond donors (Lipinski definition) is 5. The summed E-state index contributed by atoms with van der Waals surface area (Å²) in [7, 11) is 3.28. The SMILES string of the molecule is CC=O.CCCC12CC(OC(=O)N3CCC(C(=O)O)CC3CNC(=O)C(CCCCN)NC)=CCC1C(C)Cc1ccc(OC)c(O)c12. The van der Waals surface area contributed by atoms with Gasteiger partial charge in [-0.15, -0.1) is 0 Å². The van der Waals surface area contributed by atoms with Crippen LogP contribution < -0.4 is 21.1 Å². The minimum absolute atomic E-state index is 0.131. The number of allylic oxidation sites excluding steroid dienone is 2. The molecule has 48 heavy (non-hydrogen) atoms. The third kappa shape index (κ3) is 8.87. The van der Waals surface area contributed by atoms with Crippen molar-refractivity contribution in [1.29, 1.82) is 0 Å². The number of rotatable bonds is 13. The van der Waals surface area contributed by atoms with Crippen molar-refractivity contribution in [3.8, 4) is 11.5 Å². The lowest BCUT2D eigenvalue weighted by atomic mass is 9.53. The van der Waals surface area contributed by atoms with Crippen LogP contribution in [0.4, 0.5) is 4.79 Å². The Hall–Kier alpha value is -3.64. The van der Waals surface area contributed by atoms with E-state index in [1.54, 1.807) is 19.1 Å². The van der Waals surface area contributed by atoms with Crippen LogP contribution in [0.5, 0.6) is 11.5 Å². The van der Waals surface area contributed by atoms with Gasteiger partial charge in [-0.2, -0.15) is 0 Å². The standard InChI is InChI=1S/C34H52N4O7.C2H4O/c1-5-14-34-19-25(10-11-26(34)21(2)17-22-9-12-28(44-4)30(39)29(22)34)45-33(43)38-16-13-23(32(41)42)18-24(38)20-37-31(40)27(36-3)8-6-7-15-35;1-2-3/h9-10,12,21,23-24,26-27,36,39H,5-8,11,13-20,35H2,1-4H3,(H,37,40)(H,41,42);2H,1H3. The Morgan fingerprint density at radius 3 is 2.60 bits per heavy atom. The summed E-state index contributed by atoms with van der Waals surface area (Å²) in [5.74, 6) is 0.112. The number of unbranched alkanes of at least 4 members (excludes halogenated alkanes) is 1. The number of likely N-dealkylation sites (tertiary alicyclic amines) is 1. The molecule has 12 heteroatoms. The quantitative estimate of drug-likeness (QED) is 0.150. The molecule has 1 saturated heterocycles. The first-order chi connectivity index (χ1) is 23.0. The molecule has 1 aromatic rings. The Kier molecular flexibility index (Phi) is 14.7. The van der Waals surface area contributed by atoms with E-state index in [2.05, 4.69) is 24.5 Å². The van der Waals surface area contributed by atoms with Gasteiger partial charge in [0.05, 0.1) is 25.1 Å². The third-order valence-corrected chi connectivity index (χ3v) is 10.3. The second-order valence-electron chi connectivity index (χ2n) is 13.3. The molecule has 3 aliphatic rings. The van der Waals surface area contributed by atoms with E-state index in [4.69, 9.17) is 20.0 Å². The van der Waals surface area contributed by atoms with Crippen LogP contribution in [0.3, 0.4) is 0 Å². The lowest BCUT2D eigenvalue weighted by molar-refractivity contribution is -0.143. The second kappa shape index (κ2) is 18.2. The average molecular weight is 673 g/mol. The van der Waals surface area contributed by atoms with E-state index in [0.29, 0.717) is 43.2 Å². The number of methoxy groups -OCH3 is 1. The van der Waals surface area contributed by atoms with Crippen molar-refractivity contribution < 1.29 is 38.9 Å². The van der Waals surface area contributed by atoms with Gasteiger partial charge < -0.3 is 45.7 Å². The van der Waals surface area contributed by atoms with Gasteiger partial charge in [-0.05, 0) is 95.0 Å². The van der Waals surface area contributed by atoms with Crippen LogP contribution in [0.15, 0.2) is 24.0 Å². The Morgan fingerprint density at radius 1 is 1.25 bits per heavy atom. The summed E-state index contributed by atoms with van der Waals surface area (Å²) in [5.41, 5.74) is 7.19. The summed E-state index contributed by atoms with van der Waals surface area (Å²) in [4.78, 5) is 49.0. The molecule has 6 N–H and O–H groups in total. The number of aliphatic carboxylic acids is 1. The molecule has 1 fully saturated rings. The molecule has 1 heterocycles. The number of fused-ring (bicyclic) bond motifs is 3. The van der Waals surface area contributed by atoms with E-state index in [1.165, 1.54) is 6.92 Å². The van der Waals surface area contributed by atoms with Gasteiger partial charge in [-0.3, -0.25) is 9.59 Å². The molecule has 12 nitrogen and oxygen atoms in total. The van der Waals surface area contributed by atoms with Crippen LogP contribution in [0, 0.1) is 17.8 Å². The Morgan fingerprint density at radius 2 is 1.98 bits per heavy atom. The zero-order valence-electron chi connectivity index (χ0n) is 29.3. The molecule has 0 aromatic heterocycles. The zero-order valence-corrected chi connectivity index (χ0v) is 29.3. The smallest absolute Gasteiger partial charge is 0.415 e. The number of phenols is 1. The number of hydrogen-bond acceptors (Lipinski definition) is 9. The van der Waals surface area contributed by atoms with Crippen molar-refractivity contribution in [3.63, 3.8) is 0 Å². The van der Waals surface area contributed by atoms with Crippen molar-refractivity contribution in [2.75, 3.05) is 33.8 Å². The normalized spacial score (nSPS) is 25.2. The number of benzene rings is 1. The van der Waals surface area contributed by atoms with Crippen LogP contribution >= 0.6 is 0 Å². The topological polar surface area (TPSA) is 181 Å². The highest BCUT2D eigenvalue weighted by Gasteiger charge is 2.51. The minimum Gasteiger partial charge on any atom is -0.504 e. The Bertz CT molecular complexity index is 1300. The number of carbonyl (C=O) groups is 4. The first-order valence-corrected chi connectivity index (χ1v) is 17.4. The van der Waals surface area contributed by atoms with Crippen LogP contribution in [0.2, 0.25) is 0 Å². The number of ether oxygens (including phenoxy) is 2. The molecule has 2 amide bonds. The number of aromatic hydroxyl groups is 1. The summed E-state index contributed by atoms with van der Waals surface area (Å²) >= 11 is 0. The highest BCUT2D eigenvalue weighted by molar-refractivity contribution is 5.82. The van der Waals surface area contributed by atoms with Crippen molar-refractivity contribution in [2.24, 2.45) is 23.5 Å². The lowest BCUT2D eigenvalue weighted by Crippen LogP contribution is -2.54. The number of carboxylic acid groups (broad SMARTS) is 1. The molecule has 0 radical (unpaired) electrons. The van der Waals surface area contributed by atoms with Gasteiger partial charge in [0.2, 0.25) is 5.91 Å². The predicted octanol–water partition coefficient (Wildman–Crippen LogP) is 4.27. The van der Waals surface area contributed by atoms with Crippen molar-refractivity contribution >= 4 is 24.3 Å². The summed E-state index contributed by atoms with van der Waals surface area (Å²) in [5, 5.41) is 27.1. The fourth-order valence-electron chi connectivity index (χ4n) is 8.09. The molecule has 4 rings (SSSR count). The van der Waals surface area contributed by atoms with E-state index in [-0.39, 0.29) is 37.1 Å².